The van der Waals surface area contributed by atoms with E-state index in [0.29, 0.717) is 13.0 Å². The summed E-state index contributed by atoms with van der Waals surface area (Å²) < 4.78 is 0. The highest BCUT2D eigenvalue weighted by Gasteiger charge is 2.13. The van der Waals surface area contributed by atoms with Crippen LogP contribution in [-0.4, -0.2) is 22.0 Å². The van der Waals surface area contributed by atoms with E-state index in [4.69, 9.17) is 5.73 Å². The van der Waals surface area contributed by atoms with Crippen molar-refractivity contribution in [2.75, 3.05) is 0 Å². The Morgan fingerprint density at radius 3 is 2.65 bits per heavy atom. The standard InChI is InChI=1S/C15H17N3O2/c16-14(8-11-3-5-13(19)6-4-11)15(20)18-10-12-2-1-7-17-9-12/h1-7,9,14,19H,8,10,16H2,(H,18,20). The van der Waals surface area contributed by atoms with Gasteiger partial charge in [-0.15, -0.1) is 0 Å². The highest BCUT2D eigenvalue weighted by Crippen LogP contribution is 2.10. The smallest absolute Gasteiger partial charge is 0.237 e. The van der Waals surface area contributed by atoms with Gasteiger partial charge in [0.1, 0.15) is 5.75 Å². The molecular weight excluding hydrogens is 254 g/mol. The predicted molar refractivity (Wildman–Crippen MR) is 75.9 cm³/mol. The molecule has 0 fully saturated rings. The maximum atomic E-state index is 11.9. The normalized spacial score (nSPS) is 11.8. The van der Waals surface area contributed by atoms with Crippen LogP contribution in [0.4, 0.5) is 0 Å². The summed E-state index contributed by atoms with van der Waals surface area (Å²) >= 11 is 0. The van der Waals surface area contributed by atoms with Crippen molar-refractivity contribution in [1.29, 1.82) is 0 Å². The van der Waals surface area contributed by atoms with Crippen LogP contribution in [0.25, 0.3) is 0 Å². The monoisotopic (exact) mass is 271 g/mol. The molecule has 0 radical (unpaired) electrons. The van der Waals surface area contributed by atoms with Crippen LogP contribution in [0.2, 0.25) is 0 Å². The molecule has 0 aliphatic carbocycles. The molecule has 2 rings (SSSR count). The molecule has 1 heterocycles. The number of phenolic OH excluding ortho intramolecular Hbond substituents is 1. The third-order valence-corrected chi connectivity index (χ3v) is 2.92. The van der Waals surface area contributed by atoms with E-state index < -0.39 is 6.04 Å². The number of nitrogens with zero attached hydrogens (tertiary/aromatic N) is 1. The molecule has 4 N–H and O–H groups in total. The SMILES string of the molecule is NC(Cc1ccc(O)cc1)C(=O)NCc1cccnc1. The van der Waals surface area contributed by atoms with Crippen molar-refractivity contribution in [3.63, 3.8) is 0 Å². The molecule has 1 amide bonds. The third kappa shape index (κ3) is 4.07. The lowest BCUT2D eigenvalue weighted by Crippen LogP contribution is -2.41. The summed E-state index contributed by atoms with van der Waals surface area (Å²) in [7, 11) is 0. The van der Waals surface area contributed by atoms with E-state index in [1.54, 1.807) is 36.7 Å². The number of pyridine rings is 1. The lowest BCUT2D eigenvalue weighted by atomic mass is 10.1. The molecule has 0 aliphatic heterocycles. The topological polar surface area (TPSA) is 88.2 Å². The third-order valence-electron chi connectivity index (χ3n) is 2.92. The van der Waals surface area contributed by atoms with E-state index in [0.717, 1.165) is 11.1 Å². The number of benzene rings is 1. The maximum Gasteiger partial charge on any atom is 0.237 e. The van der Waals surface area contributed by atoms with Crippen molar-refractivity contribution in [1.82, 2.24) is 10.3 Å². The van der Waals surface area contributed by atoms with Crippen molar-refractivity contribution in [3.05, 3.63) is 59.9 Å². The highest BCUT2D eigenvalue weighted by molar-refractivity contribution is 5.81. The predicted octanol–water partition coefficient (Wildman–Crippen LogP) is 0.973. The molecule has 0 bridgehead atoms. The minimum absolute atomic E-state index is 0.198. The zero-order valence-corrected chi connectivity index (χ0v) is 11.0. The Kier molecular flexibility index (Phi) is 4.68. The Bertz CT molecular complexity index is 555. The number of carbonyl (C=O) groups excluding carboxylic acids is 1. The molecule has 104 valence electrons. The number of amides is 1. The summed E-state index contributed by atoms with van der Waals surface area (Å²) in [6.45, 7) is 0.413. The molecule has 5 heteroatoms. The van der Waals surface area contributed by atoms with Crippen LogP contribution >= 0.6 is 0 Å². The highest BCUT2D eigenvalue weighted by atomic mass is 16.3. The van der Waals surface area contributed by atoms with Gasteiger partial charge in [0.15, 0.2) is 0 Å². The molecule has 1 unspecified atom stereocenters. The van der Waals surface area contributed by atoms with E-state index in [1.807, 2.05) is 12.1 Å². The number of carbonyl (C=O) groups is 1. The lowest BCUT2D eigenvalue weighted by Gasteiger charge is -2.12. The fourth-order valence-corrected chi connectivity index (χ4v) is 1.80. The average molecular weight is 271 g/mol. The molecule has 0 aliphatic rings. The van der Waals surface area contributed by atoms with Crippen molar-refractivity contribution in [2.24, 2.45) is 5.73 Å². The Hall–Kier alpha value is -2.40. The first kappa shape index (κ1) is 14.0. The van der Waals surface area contributed by atoms with Gasteiger partial charge in [-0.25, -0.2) is 0 Å². The number of rotatable bonds is 5. The zero-order valence-electron chi connectivity index (χ0n) is 11.0. The molecular formula is C15H17N3O2. The van der Waals surface area contributed by atoms with E-state index in [9.17, 15) is 9.90 Å². The van der Waals surface area contributed by atoms with Crippen LogP contribution < -0.4 is 11.1 Å². The van der Waals surface area contributed by atoms with Crippen LogP contribution in [0.3, 0.4) is 0 Å². The first-order chi connectivity index (χ1) is 9.65. The van der Waals surface area contributed by atoms with E-state index >= 15 is 0 Å². The van der Waals surface area contributed by atoms with Gasteiger partial charge in [-0.3, -0.25) is 9.78 Å². The molecule has 0 saturated carbocycles. The van der Waals surface area contributed by atoms with Gasteiger partial charge in [0.2, 0.25) is 5.91 Å². The number of nitrogens with two attached hydrogens (primary N) is 1. The van der Waals surface area contributed by atoms with Gasteiger partial charge in [0.05, 0.1) is 6.04 Å². The van der Waals surface area contributed by atoms with Crippen LogP contribution in [0, 0.1) is 0 Å². The number of nitrogens with one attached hydrogen (secondary N) is 1. The molecule has 1 aromatic carbocycles. The molecule has 1 atom stereocenters. The molecule has 20 heavy (non-hydrogen) atoms. The van der Waals surface area contributed by atoms with Gasteiger partial charge in [-0.2, -0.15) is 0 Å². The Balaban J connectivity index is 1.84. The van der Waals surface area contributed by atoms with Gasteiger partial charge in [0.25, 0.3) is 0 Å². The lowest BCUT2D eigenvalue weighted by molar-refractivity contribution is -0.122. The van der Waals surface area contributed by atoms with Crippen molar-refractivity contribution >= 4 is 5.91 Å². The zero-order chi connectivity index (χ0) is 14.4. The maximum absolute atomic E-state index is 11.9. The Morgan fingerprint density at radius 2 is 2.00 bits per heavy atom. The Labute approximate surface area is 117 Å². The number of aromatic nitrogens is 1. The van der Waals surface area contributed by atoms with Gasteiger partial charge in [0, 0.05) is 18.9 Å². The molecule has 1 aromatic heterocycles. The fourth-order valence-electron chi connectivity index (χ4n) is 1.80. The number of hydrogen-bond acceptors (Lipinski definition) is 4. The van der Waals surface area contributed by atoms with Crippen LogP contribution in [0.1, 0.15) is 11.1 Å². The molecule has 2 aromatic rings. The largest absolute Gasteiger partial charge is 0.508 e. The number of aromatic hydroxyl groups is 1. The summed E-state index contributed by atoms with van der Waals surface area (Å²) in [5, 5.41) is 12.0. The van der Waals surface area contributed by atoms with Crippen molar-refractivity contribution < 1.29 is 9.90 Å². The van der Waals surface area contributed by atoms with Gasteiger partial charge >= 0.3 is 0 Å². The van der Waals surface area contributed by atoms with E-state index in [2.05, 4.69) is 10.3 Å². The summed E-state index contributed by atoms with van der Waals surface area (Å²) in [6.07, 6.45) is 3.81. The molecule has 0 spiro atoms. The second-order valence-corrected chi connectivity index (χ2v) is 4.56. The minimum Gasteiger partial charge on any atom is -0.508 e. The second-order valence-electron chi connectivity index (χ2n) is 4.56. The van der Waals surface area contributed by atoms with Crippen LogP contribution in [0.5, 0.6) is 5.75 Å². The van der Waals surface area contributed by atoms with Gasteiger partial charge in [-0.05, 0) is 35.7 Å². The van der Waals surface area contributed by atoms with Crippen molar-refractivity contribution in [2.45, 2.75) is 19.0 Å². The van der Waals surface area contributed by atoms with Crippen LogP contribution in [-0.2, 0) is 17.8 Å². The summed E-state index contributed by atoms with van der Waals surface area (Å²) in [5.41, 5.74) is 7.70. The van der Waals surface area contributed by atoms with Crippen LogP contribution in [0.15, 0.2) is 48.8 Å². The number of phenols is 1. The summed E-state index contributed by atoms with van der Waals surface area (Å²) in [4.78, 5) is 15.9. The van der Waals surface area contributed by atoms with E-state index in [-0.39, 0.29) is 11.7 Å². The first-order valence-electron chi connectivity index (χ1n) is 6.35. The average Bonchev–Trinajstić information content (AvgIpc) is 2.48. The number of hydrogen-bond donors (Lipinski definition) is 3. The van der Waals surface area contributed by atoms with Crippen molar-refractivity contribution in [3.8, 4) is 5.75 Å². The quantitative estimate of drug-likeness (QED) is 0.756. The fraction of sp³-hybridized carbons (Fsp3) is 0.200. The van der Waals surface area contributed by atoms with E-state index in [1.165, 1.54) is 0 Å². The Morgan fingerprint density at radius 1 is 1.25 bits per heavy atom. The van der Waals surface area contributed by atoms with Gasteiger partial charge in [-0.1, -0.05) is 18.2 Å². The van der Waals surface area contributed by atoms with Gasteiger partial charge < -0.3 is 16.2 Å². The molecule has 0 saturated heterocycles. The summed E-state index contributed by atoms with van der Waals surface area (Å²) in [6, 6.07) is 9.76. The second kappa shape index (κ2) is 6.68. The minimum atomic E-state index is -0.615. The summed E-state index contributed by atoms with van der Waals surface area (Å²) in [5.74, 6) is -0.00900. The molecule has 5 nitrogen and oxygen atoms in total. The first-order valence-corrected chi connectivity index (χ1v) is 6.35.